The molecule has 2 aromatic rings. The van der Waals surface area contributed by atoms with Gasteiger partial charge >= 0.3 is 5.97 Å². The molecule has 0 fully saturated rings. The number of methoxy groups -OCH3 is 1. The Morgan fingerprint density at radius 1 is 1.39 bits per heavy atom. The SMILES string of the molecule is COC[C@H](C)n1c(C)cc(/C=C(\C#N)C(=O)OCC(=O)c2ccc(Cl)s2)c1C. The number of aromatic nitrogens is 1. The van der Waals surface area contributed by atoms with Crippen molar-refractivity contribution in [2.24, 2.45) is 0 Å². The molecule has 0 saturated carbocycles. The monoisotopic (exact) mass is 420 g/mol. The Balaban J connectivity index is 2.15. The number of ketones is 1. The molecule has 0 spiro atoms. The second-order valence-corrected chi connectivity index (χ2v) is 7.99. The van der Waals surface area contributed by atoms with E-state index in [0.717, 1.165) is 28.3 Å². The lowest BCUT2D eigenvalue weighted by Gasteiger charge is -2.17. The predicted octanol–water partition coefficient (Wildman–Crippen LogP) is 4.36. The molecule has 0 aliphatic carbocycles. The van der Waals surface area contributed by atoms with Gasteiger partial charge in [-0.25, -0.2) is 4.79 Å². The van der Waals surface area contributed by atoms with Crippen molar-refractivity contribution < 1.29 is 19.1 Å². The maximum atomic E-state index is 12.2. The molecule has 0 aromatic carbocycles. The van der Waals surface area contributed by atoms with Crippen molar-refractivity contribution in [1.29, 1.82) is 5.26 Å². The molecule has 2 heterocycles. The van der Waals surface area contributed by atoms with Gasteiger partial charge in [-0.15, -0.1) is 11.3 Å². The topological polar surface area (TPSA) is 81.3 Å². The number of hydrogen-bond donors (Lipinski definition) is 0. The van der Waals surface area contributed by atoms with Gasteiger partial charge in [0.1, 0.15) is 11.6 Å². The zero-order valence-corrected chi connectivity index (χ0v) is 17.7. The van der Waals surface area contributed by atoms with E-state index in [4.69, 9.17) is 21.1 Å². The number of aryl methyl sites for hydroxylation is 1. The second kappa shape index (κ2) is 9.69. The molecule has 0 saturated heterocycles. The third kappa shape index (κ3) is 5.10. The molecule has 0 unspecified atom stereocenters. The van der Waals surface area contributed by atoms with E-state index in [1.54, 1.807) is 19.2 Å². The smallest absolute Gasteiger partial charge is 0.349 e. The fourth-order valence-corrected chi connectivity index (χ4v) is 3.95. The molecule has 0 bridgehead atoms. The maximum absolute atomic E-state index is 12.2. The van der Waals surface area contributed by atoms with E-state index >= 15 is 0 Å². The minimum absolute atomic E-state index is 0.111. The molecule has 0 N–H and O–H groups in total. The maximum Gasteiger partial charge on any atom is 0.349 e. The summed E-state index contributed by atoms with van der Waals surface area (Å²) in [6.45, 7) is 5.99. The summed E-state index contributed by atoms with van der Waals surface area (Å²) in [6.07, 6.45) is 1.48. The van der Waals surface area contributed by atoms with Gasteiger partial charge in [-0.3, -0.25) is 4.79 Å². The summed E-state index contributed by atoms with van der Waals surface area (Å²) < 4.78 is 12.8. The molecule has 0 radical (unpaired) electrons. The van der Waals surface area contributed by atoms with E-state index in [9.17, 15) is 14.9 Å². The number of carbonyl (C=O) groups is 2. The Hall–Kier alpha value is -2.40. The van der Waals surface area contributed by atoms with Gasteiger partial charge in [0, 0.05) is 18.5 Å². The Morgan fingerprint density at radius 2 is 2.11 bits per heavy atom. The average molecular weight is 421 g/mol. The van der Waals surface area contributed by atoms with Gasteiger partial charge in [-0.1, -0.05) is 11.6 Å². The lowest BCUT2D eigenvalue weighted by molar-refractivity contribution is -0.137. The molecule has 6 nitrogen and oxygen atoms in total. The van der Waals surface area contributed by atoms with Crippen LogP contribution in [0.15, 0.2) is 23.8 Å². The number of nitrogens with zero attached hydrogens (tertiary/aromatic N) is 2. The Bertz CT molecular complexity index is 952. The number of carbonyl (C=O) groups excluding carboxylic acids is 2. The number of rotatable bonds is 8. The van der Waals surface area contributed by atoms with Gasteiger partial charge in [0.25, 0.3) is 0 Å². The first-order valence-corrected chi connectivity index (χ1v) is 9.72. The third-order valence-corrected chi connectivity index (χ3v) is 5.47. The van der Waals surface area contributed by atoms with Gasteiger partial charge in [0.2, 0.25) is 5.78 Å². The van der Waals surface area contributed by atoms with Crippen LogP contribution in [0.2, 0.25) is 4.34 Å². The number of halogens is 1. The van der Waals surface area contributed by atoms with E-state index in [-0.39, 0.29) is 17.4 Å². The van der Waals surface area contributed by atoms with Gasteiger partial charge in [0.05, 0.1) is 21.9 Å². The lowest BCUT2D eigenvalue weighted by atomic mass is 10.1. The van der Waals surface area contributed by atoms with Crippen LogP contribution in [0.4, 0.5) is 0 Å². The van der Waals surface area contributed by atoms with E-state index in [2.05, 4.69) is 4.57 Å². The van der Waals surface area contributed by atoms with Crippen molar-refractivity contribution in [3.63, 3.8) is 0 Å². The Labute approximate surface area is 172 Å². The van der Waals surface area contributed by atoms with Crippen LogP contribution in [0.1, 0.15) is 39.6 Å². The summed E-state index contributed by atoms with van der Waals surface area (Å²) in [5.41, 5.74) is 2.47. The number of nitriles is 1. The molecule has 1 atom stereocenters. The second-order valence-electron chi connectivity index (χ2n) is 6.27. The number of Topliss-reactive ketones (excluding diaryl/α,β-unsaturated/α-hetero) is 1. The Kier molecular flexibility index (Phi) is 7.58. The normalized spacial score (nSPS) is 12.5. The molecule has 0 amide bonds. The van der Waals surface area contributed by atoms with Crippen LogP contribution in [-0.2, 0) is 14.3 Å². The Morgan fingerprint density at radius 3 is 2.68 bits per heavy atom. The van der Waals surface area contributed by atoms with E-state index in [1.807, 2.05) is 32.9 Å². The van der Waals surface area contributed by atoms with Gasteiger partial charge < -0.3 is 14.0 Å². The molecule has 2 aromatic heterocycles. The van der Waals surface area contributed by atoms with Crippen molar-refractivity contribution in [2.75, 3.05) is 20.3 Å². The number of esters is 1. The zero-order chi connectivity index (χ0) is 20.8. The molecule has 8 heteroatoms. The molecule has 148 valence electrons. The molecule has 28 heavy (non-hydrogen) atoms. The van der Waals surface area contributed by atoms with Crippen LogP contribution in [0.3, 0.4) is 0 Å². The van der Waals surface area contributed by atoms with Gasteiger partial charge in [-0.05, 0) is 50.6 Å². The van der Waals surface area contributed by atoms with Crippen molar-refractivity contribution >= 4 is 40.8 Å². The molecule has 2 rings (SSSR count). The molecule has 0 aliphatic rings. The van der Waals surface area contributed by atoms with E-state index in [0.29, 0.717) is 15.8 Å². The largest absolute Gasteiger partial charge is 0.453 e. The third-order valence-electron chi connectivity index (χ3n) is 4.19. The summed E-state index contributed by atoms with van der Waals surface area (Å²) in [5, 5.41) is 9.36. The molecular weight excluding hydrogens is 400 g/mol. The van der Waals surface area contributed by atoms with Crippen molar-refractivity contribution in [3.05, 3.63) is 49.9 Å². The molecule has 0 aliphatic heterocycles. The number of thiophene rings is 1. The standard InChI is InChI=1S/C20H21ClN2O4S/c1-12-7-15(14(3)23(12)13(2)10-26-4)8-16(9-22)20(25)27-11-17(24)18-5-6-19(21)28-18/h5-8,13H,10-11H2,1-4H3/b16-8+/t13-/m0/s1. The lowest BCUT2D eigenvalue weighted by Crippen LogP contribution is -2.14. The van der Waals surface area contributed by atoms with Crippen molar-refractivity contribution in [1.82, 2.24) is 4.57 Å². The summed E-state index contributed by atoms with van der Waals surface area (Å²) in [6, 6.07) is 7.02. The summed E-state index contributed by atoms with van der Waals surface area (Å²) in [7, 11) is 1.64. The quantitative estimate of drug-likeness (QED) is 0.274. The first-order valence-electron chi connectivity index (χ1n) is 8.53. The van der Waals surface area contributed by atoms with E-state index in [1.165, 1.54) is 6.08 Å². The van der Waals surface area contributed by atoms with Gasteiger partial charge in [-0.2, -0.15) is 5.26 Å². The fraction of sp³-hybridized carbons (Fsp3) is 0.350. The van der Waals surface area contributed by atoms with Crippen LogP contribution < -0.4 is 0 Å². The number of ether oxygens (including phenoxy) is 2. The minimum atomic E-state index is -0.840. The van der Waals surface area contributed by atoms with E-state index < -0.39 is 12.6 Å². The van der Waals surface area contributed by atoms with Crippen LogP contribution in [0, 0.1) is 25.2 Å². The summed E-state index contributed by atoms with van der Waals surface area (Å²) >= 11 is 6.91. The van der Waals surface area contributed by atoms with Crippen molar-refractivity contribution in [2.45, 2.75) is 26.8 Å². The average Bonchev–Trinajstić information content (AvgIpc) is 3.20. The zero-order valence-electron chi connectivity index (χ0n) is 16.1. The summed E-state index contributed by atoms with van der Waals surface area (Å²) in [4.78, 5) is 24.7. The van der Waals surface area contributed by atoms with Crippen molar-refractivity contribution in [3.8, 4) is 6.07 Å². The van der Waals surface area contributed by atoms with Crippen LogP contribution in [0.5, 0.6) is 0 Å². The first kappa shape index (κ1) is 21.9. The highest BCUT2D eigenvalue weighted by atomic mass is 35.5. The summed E-state index contributed by atoms with van der Waals surface area (Å²) in [5.74, 6) is -1.21. The molecular formula is C20H21ClN2O4S. The van der Waals surface area contributed by atoms with Crippen LogP contribution in [0.25, 0.3) is 6.08 Å². The number of hydrogen-bond acceptors (Lipinski definition) is 6. The van der Waals surface area contributed by atoms with Crippen LogP contribution >= 0.6 is 22.9 Å². The predicted molar refractivity (Wildman–Crippen MR) is 109 cm³/mol. The highest BCUT2D eigenvalue weighted by Crippen LogP contribution is 2.24. The highest BCUT2D eigenvalue weighted by Gasteiger charge is 2.18. The first-order chi connectivity index (χ1) is 13.3. The van der Waals surface area contributed by atoms with Gasteiger partial charge in [0.15, 0.2) is 6.61 Å². The minimum Gasteiger partial charge on any atom is -0.453 e. The fourth-order valence-electron chi connectivity index (χ4n) is 2.98. The highest BCUT2D eigenvalue weighted by molar-refractivity contribution is 7.18. The van der Waals surface area contributed by atoms with Crippen LogP contribution in [-0.4, -0.2) is 36.6 Å².